The highest BCUT2D eigenvalue weighted by Crippen LogP contribution is 2.37. The molecule has 4 rings (SSSR count). The van der Waals surface area contributed by atoms with E-state index in [4.69, 9.17) is 14.2 Å². The fraction of sp³-hybridized carbons (Fsp3) is 0.300. The van der Waals surface area contributed by atoms with Crippen molar-refractivity contribution in [2.75, 3.05) is 13.2 Å². The van der Waals surface area contributed by atoms with Crippen LogP contribution >= 0.6 is 0 Å². The lowest BCUT2D eigenvalue weighted by molar-refractivity contribution is -0.117. The number of rotatable bonds is 6. The van der Waals surface area contributed by atoms with E-state index < -0.39 is 23.5 Å². The third-order valence-electron chi connectivity index (χ3n) is 4.57. The predicted molar refractivity (Wildman–Crippen MR) is 95.6 cm³/mol. The van der Waals surface area contributed by atoms with Crippen molar-refractivity contribution in [3.8, 4) is 5.75 Å². The summed E-state index contributed by atoms with van der Waals surface area (Å²) in [7, 11) is 0. The van der Waals surface area contributed by atoms with Crippen LogP contribution < -0.4 is 4.74 Å². The average molecular weight is 387 g/mol. The van der Waals surface area contributed by atoms with Gasteiger partial charge in [0.2, 0.25) is 0 Å². The molecule has 2 atom stereocenters. The maximum Gasteiger partial charge on any atom is 0.193 e. The van der Waals surface area contributed by atoms with Crippen LogP contribution in [0.25, 0.3) is 0 Å². The Bertz CT molecular complexity index is 934. The molecule has 1 aromatic heterocycles. The van der Waals surface area contributed by atoms with E-state index in [0.717, 1.165) is 11.6 Å². The lowest BCUT2D eigenvalue weighted by Crippen LogP contribution is -2.36. The predicted octanol–water partition coefficient (Wildman–Crippen LogP) is 3.21. The van der Waals surface area contributed by atoms with Crippen LogP contribution in [-0.4, -0.2) is 34.3 Å². The van der Waals surface area contributed by atoms with E-state index in [2.05, 4.69) is 10.1 Å². The van der Waals surface area contributed by atoms with E-state index in [1.54, 1.807) is 0 Å². The van der Waals surface area contributed by atoms with Gasteiger partial charge >= 0.3 is 0 Å². The second-order valence-corrected chi connectivity index (χ2v) is 6.69. The summed E-state index contributed by atoms with van der Waals surface area (Å²) >= 11 is 0. The molecule has 1 fully saturated rings. The van der Waals surface area contributed by atoms with Crippen molar-refractivity contribution in [2.24, 2.45) is 0 Å². The standard InChI is InChI=1S/C20H19F2N3O3/c1-14-2-5-16(6-3-14)26-9-19-27-11-20(28-19,10-25-13-23-12-24-25)17-7-4-15(21)8-18(17)22/h2-8,12-13,19H,9-11H2,1H3/t19-,20?/m0/s1. The van der Waals surface area contributed by atoms with Crippen molar-refractivity contribution in [3.63, 3.8) is 0 Å². The first-order valence-electron chi connectivity index (χ1n) is 8.81. The molecule has 146 valence electrons. The van der Waals surface area contributed by atoms with Crippen molar-refractivity contribution < 1.29 is 23.0 Å². The number of aromatic nitrogens is 3. The largest absolute Gasteiger partial charge is 0.488 e. The fourth-order valence-corrected chi connectivity index (χ4v) is 3.17. The summed E-state index contributed by atoms with van der Waals surface area (Å²) in [5, 5.41) is 4.07. The van der Waals surface area contributed by atoms with Gasteiger partial charge in [0.05, 0.1) is 13.2 Å². The van der Waals surface area contributed by atoms with Crippen molar-refractivity contribution in [1.82, 2.24) is 14.8 Å². The summed E-state index contributed by atoms with van der Waals surface area (Å²) in [5.74, 6) is -0.682. The fourth-order valence-electron chi connectivity index (χ4n) is 3.17. The van der Waals surface area contributed by atoms with E-state index >= 15 is 0 Å². The summed E-state index contributed by atoms with van der Waals surface area (Å²) in [6.45, 7) is 2.35. The maximum absolute atomic E-state index is 14.5. The molecular weight excluding hydrogens is 368 g/mol. The van der Waals surface area contributed by atoms with Crippen LogP contribution in [0.4, 0.5) is 8.78 Å². The Morgan fingerprint density at radius 3 is 2.75 bits per heavy atom. The monoisotopic (exact) mass is 387 g/mol. The zero-order valence-corrected chi connectivity index (χ0v) is 15.2. The number of hydrogen-bond acceptors (Lipinski definition) is 5. The molecule has 0 radical (unpaired) electrons. The van der Waals surface area contributed by atoms with Gasteiger partial charge in [-0.3, -0.25) is 0 Å². The number of aryl methyl sites for hydroxylation is 1. The Hall–Kier alpha value is -2.84. The molecule has 0 spiro atoms. The zero-order chi connectivity index (χ0) is 19.6. The molecule has 0 aliphatic carbocycles. The van der Waals surface area contributed by atoms with Crippen LogP contribution in [-0.2, 0) is 21.6 Å². The molecule has 8 heteroatoms. The Balaban J connectivity index is 1.54. The molecule has 0 N–H and O–H groups in total. The van der Waals surface area contributed by atoms with E-state index in [1.165, 1.54) is 29.5 Å². The molecule has 28 heavy (non-hydrogen) atoms. The summed E-state index contributed by atoms with van der Waals surface area (Å²) in [4.78, 5) is 3.90. The van der Waals surface area contributed by atoms with Crippen LogP contribution in [0.2, 0.25) is 0 Å². The van der Waals surface area contributed by atoms with Crippen molar-refractivity contribution >= 4 is 0 Å². The minimum absolute atomic E-state index is 0.0668. The molecule has 1 aliphatic heterocycles. The smallest absolute Gasteiger partial charge is 0.193 e. The Labute approximate surface area is 160 Å². The number of halogens is 2. The quantitative estimate of drug-likeness (QED) is 0.650. The van der Waals surface area contributed by atoms with Gasteiger partial charge < -0.3 is 14.2 Å². The molecule has 2 heterocycles. The first-order valence-corrected chi connectivity index (χ1v) is 8.81. The maximum atomic E-state index is 14.5. The van der Waals surface area contributed by atoms with Gasteiger partial charge in [-0.2, -0.15) is 5.10 Å². The van der Waals surface area contributed by atoms with Crippen LogP contribution in [0.3, 0.4) is 0 Å². The van der Waals surface area contributed by atoms with Gasteiger partial charge in [-0.05, 0) is 25.1 Å². The van der Waals surface area contributed by atoms with Crippen molar-refractivity contribution in [1.29, 1.82) is 0 Å². The second kappa shape index (κ2) is 7.65. The molecular formula is C20H19F2N3O3. The lowest BCUT2D eigenvalue weighted by Gasteiger charge is -2.28. The minimum atomic E-state index is -1.17. The molecule has 2 aromatic carbocycles. The van der Waals surface area contributed by atoms with Gasteiger partial charge in [-0.25, -0.2) is 18.4 Å². The zero-order valence-electron chi connectivity index (χ0n) is 15.2. The molecule has 6 nitrogen and oxygen atoms in total. The van der Waals surface area contributed by atoms with Crippen LogP contribution in [0.1, 0.15) is 11.1 Å². The Kier molecular flexibility index (Phi) is 5.06. The summed E-state index contributed by atoms with van der Waals surface area (Å²) < 4.78 is 47.0. The highest BCUT2D eigenvalue weighted by Gasteiger charge is 2.45. The number of nitrogens with zero attached hydrogens (tertiary/aromatic N) is 3. The number of ether oxygens (including phenoxy) is 3. The SMILES string of the molecule is Cc1ccc(OC[C@H]2OCC(Cn3cncn3)(c3ccc(F)cc3F)O2)cc1. The van der Waals surface area contributed by atoms with Crippen LogP contribution in [0, 0.1) is 18.6 Å². The first kappa shape index (κ1) is 18.5. The second-order valence-electron chi connectivity index (χ2n) is 6.69. The van der Waals surface area contributed by atoms with Gasteiger partial charge in [0.25, 0.3) is 0 Å². The summed E-state index contributed by atoms with van der Waals surface area (Å²) in [6, 6.07) is 11.0. The summed E-state index contributed by atoms with van der Waals surface area (Å²) in [6.07, 6.45) is 2.17. The van der Waals surface area contributed by atoms with Gasteiger partial charge in [-0.1, -0.05) is 23.8 Å². The Morgan fingerprint density at radius 2 is 2.04 bits per heavy atom. The molecule has 3 aromatic rings. The van der Waals surface area contributed by atoms with Crippen LogP contribution in [0.5, 0.6) is 5.75 Å². The lowest BCUT2D eigenvalue weighted by atomic mass is 9.94. The van der Waals surface area contributed by atoms with Gasteiger partial charge in [-0.15, -0.1) is 0 Å². The van der Waals surface area contributed by atoms with E-state index in [9.17, 15) is 8.78 Å². The average Bonchev–Trinajstić information content (AvgIpc) is 3.32. The van der Waals surface area contributed by atoms with Crippen LogP contribution in [0.15, 0.2) is 55.1 Å². The third-order valence-corrected chi connectivity index (χ3v) is 4.57. The Morgan fingerprint density at radius 1 is 1.21 bits per heavy atom. The number of hydrogen-bond donors (Lipinski definition) is 0. The van der Waals surface area contributed by atoms with Gasteiger partial charge in [0.15, 0.2) is 6.29 Å². The first-order chi connectivity index (χ1) is 13.5. The molecule has 0 bridgehead atoms. The minimum Gasteiger partial charge on any atom is -0.488 e. The molecule has 1 saturated heterocycles. The van der Waals surface area contributed by atoms with E-state index in [0.29, 0.717) is 5.75 Å². The van der Waals surface area contributed by atoms with E-state index in [-0.39, 0.29) is 25.3 Å². The molecule has 0 amide bonds. The molecule has 1 unspecified atom stereocenters. The van der Waals surface area contributed by atoms with Crippen molar-refractivity contribution in [3.05, 3.63) is 77.9 Å². The van der Waals surface area contributed by atoms with Crippen molar-refractivity contribution in [2.45, 2.75) is 25.4 Å². The number of benzene rings is 2. The van der Waals surface area contributed by atoms with Gasteiger partial charge in [0, 0.05) is 11.6 Å². The topological polar surface area (TPSA) is 58.4 Å². The van der Waals surface area contributed by atoms with Gasteiger partial charge in [0.1, 0.15) is 42.2 Å². The molecule has 0 saturated carbocycles. The van der Waals surface area contributed by atoms with E-state index in [1.807, 2.05) is 31.2 Å². The summed E-state index contributed by atoms with van der Waals surface area (Å²) in [5.41, 5.74) is 0.147. The normalized spacial score (nSPS) is 21.8. The molecule has 1 aliphatic rings. The third kappa shape index (κ3) is 3.88. The highest BCUT2D eigenvalue weighted by atomic mass is 19.1. The highest BCUT2D eigenvalue weighted by molar-refractivity contribution is 5.27.